The quantitative estimate of drug-likeness (QED) is 0.823. The number of nitrogens with two attached hydrogens (primary N) is 1. The first-order valence-electron chi connectivity index (χ1n) is 7.02. The molecule has 2 aliphatic heterocycles. The van der Waals surface area contributed by atoms with Crippen molar-refractivity contribution in [2.45, 2.75) is 45.1 Å². The maximum absolute atomic E-state index is 11.9. The minimum atomic E-state index is -0.280. The molecule has 0 saturated carbocycles. The summed E-state index contributed by atoms with van der Waals surface area (Å²) < 4.78 is 0. The predicted octanol–water partition coefficient (Wildman–Crippen LogP) is 1.43. The van der Waals surface area contributed by atoms with Crippen molar-refractivity contribution in [1.29, 1.82) is 0 Å². The first kappa shape index (κ1) is 13.3. The first-order valence-corrected chi connectivity index (χ1v) is 7.02. The average molecular weight is 252 g/mol. The van der Waals surface area contributed by atoms with Gasteiger partial charge in [0.15, 0.2) is 0 Å². The van der Waals surface area contributed by atoms with E-state index in [4.69, 9.17) is 5.73 Å². The topological polar surface area (TPSA) is 61.9 Å². The van der Waals surface area contributed by atoms with Gasteiger partial charge in [-0.2, -0.15) is 4.99 Å². The van der Waals surface area contributed by atoms with E-state index in [-0.39, 0.29) is 11.6 Å². The number of rotatable bonds is 4. The molecule has 1 spiro atoms. The molecule has 2 heterocycles. The molecule has 0 bridgehead atoms. The smallest absolute Gasteiger partial charge is 0.346 e. The number of likely N-dealkylation sites (tertiary alicyclic amines) is 1. The third-order valence-electron chi connectivity index (χ3n) is 4.11. The van der Waals surface area contributed by atoms with Crippen LogP contribution >= 0.6 is 0 Å². The van der Waals surface area contributed by atoms with E-state index in [1.165, 1.54) is 6.42 Å². The third kappa shape index (κ3) is 2.11. The molecule has 2 rings (SSSR count). The van der Waals surface area contributed by atoms with E-state index in [2.05, 4.69) is 23.7 Å². The predicted molar refractivity (Wildman–Crippen MR) is 72.7 cm³/mol. The van der Waals surface area contributed by atoms with Crippen LogP contribution in [-0.2, 0) is 0 Å². The summed E-state index contributed by atoms with van der Waals surface area (Å²) >= 11 is 0. The average Bonchev–Trinajstić information content (AvgIpc) is 2.58. The largest absolute Gasteiger partial charge is 0.385 e. The zero-order valence-electron chi connectivity index (χ0n) is 11.5. The third-order valence-corrected chi connectivity index (χ3v) is 4.11. The first-order chi connectivity index (χ1) is 8.64. The number of urea groups is 1. The molecule has 0 unspecified atom stereocenters. The van der Waals surface area contributed by atoms with Crippen LogP contribution in [0.1, 0.15) is 39.5 Å². The summed E-state index contributed by atoms with van der Waals surface area (Å²) in [5.41, 5.74) is 5.76. The molecule has 102 valence electrons. The van der Waals surface area contributed by atoms with Crippen molar-refractivity contribution in [2.75, 3.05) is 26.2 Å². The van der Waals surface area contributed by atoms with Crippen molar-refractivity contribution in [2.24, 2.45) is 10.7 Å². The zero-order valence-corrected chi connectivity index (χ0v) is 11.5. The molecule has 0 atom stereocenters. The lowest BCUT2D eigenvalue weighted by Gasteiger charge is -2.44. The number of hydrogen-bond acceptors (Lipinski definition) is 3. The molecule has 0 aliphatic carbocycles. The Bertz CT molecular complexity index is 345. The molecule has 0 aromatic rings. The van der Waals surface area contributed by atoms with Gasteiger partial charge in [0.2, 0.25) is 0 Å². The highest BCUT2D eigenvalue weighted by Crippen LogP contribution is 2.34. The van der Waals surface area contributed by atoms with Gasteiger partial charge in [-0.3, -0.25) is 0 Å². The maximum Gasteiger partial charge on any atom is 0.346 e. The number of piperidine rings is 1. The summed E-state index contributed by atoms with van der Waals surface area (Å²) in [7, 11) is 0. The lowest BCUT2D eigenvalue weighted by atomic mass is 9.85. The van der Waals surface area contributed by atoms with E-state index in [0.29, 0.717) is 5.84 Å². The number of carbonyl (C=O) groups excluding carboxylic acids is 1. The summed E-state index contributed by atoms with van der Waals surface area (Å²) in [6.45, 7) is 8.20. The number of hydrogen-bond donors (Lipinski definition) is 1. The summed E-state index contributed by atoms with van der Waals surface area (Å²) in [5, 5.41) is 0. The van der Waals surface area contributed by atoms with Gasteiger partial charge in [-0.25, -0.2) is 4.79 Å². The number of carbonyl (C=O) groups is 1. The zero-order chi connectivity index (χ0) is 13.2. The molecule has 5 nitrogen and oxygen atoms in total. The van der Waals surface area contributed by atoms with Crippen molar-refractivity contribution >= 4 is 11.9 Å². The minimum absolute atomic E-state index is 0.140. The number of nitrogens with zero attached hydrogens (tertiary/aromatic N) is 3. The Morgan fingerprint density at radius 3 is 2.39 bits per heavy atom. The second-order valence-electron chi connectivity index (χ2n) is 5.30. The SMILES string of the molecule is CCCN1CCC2(CC1)C(N)=NC(=O)N2CCC. The van der Waals surface area contributed by atoms with Gasteiger partial charge in [-0.15, -0.1) is 0 Å². The fraction of sp³-hybridized carbons (Fsp3) is 0.846. The van der Waals surface area contributed by atoms with Crippen LogP contribution in [0.5, 0.6) is 0 Å². The Morgan fingerprint density at radius 1 is 1.22 bits per heavy atom. The minimum Gasteiger partial charge on any atom is -0.385 e. The van der Waals surface area contributed by atoms with Gasteiger partial charge in [-0.05, 0) is 32.2 Å². The molecule has 1 fully saturated rings. The van der Waals surface area contributed by atoms with Gasteiger partial charge < -0.3 is 15.5 Å². The monoisotopic (exact) mass is 252 g/mol. The molecule has 2 amide bonds. The normalized spacial score (nSPS) is 23.8. The van der Waals surface area contributed by atoms with Crippen LogP contribution in [0.4, 0.5) is 4.79 Å². The van der Waals surface area contributed by atoms with Crippen molar-refractivity contribution in [3.8, 4) is 0 Å². The Hall–Kier alpha value is -1.10. The van der Waals surface area contributed by atoms with Crippen molar-refractivity contribution < 1.29 is 4.79 Å². The molecule has 2 aliphatic rings. The maximum atomic E-state index is 11.9. The van der Waals surface area contributed by atoms with Gasteiger partial charge in [0.1, 0.15) is 11.4 Å². The second kappa shape index (κ2) is 5.26. The van der Waals surface area contributed by atoms with Crippen LogP contribution in [0.25, 0.3) is 0 Å². The summed E-state index contributed by atoms with van der Waals surface area (Å²) in [5.74, 6) is 0.539. The fourth-order valence-electron chi connectivity index (χ4n) is 3.11. The lowest BCUT2D eigenvalue weighted by molar-refractivity contribution is 0.101. The van der Waals surface area contributed by atoms with Crippen LogP contribution in [0.15, 0.2) is 4.99 Å². The standard InChI is InChI=1S/C13H24N4O/c1-3-7-16-9-5-13(6-10-16)11(14)15-12(18)17(13)8-4-2/h3-10H2,1-2H3,(H2,14,15,18). The molecular weight excluding hydrogens is 228 g/mol. The van der Waals surface area contributed by atoms with Gasteiger partial charge in [-0.1, -0.05) is 13.8 Å². The van der Waals surface area contributed by atoms with E-state index >= 15 is 0 Å². The number of aliphatic imine (C=N–C) groups is 1. The second-order valence-corrected chi connectivity index (χ2v) is 5.30. The molecule has 18 heavy (non-hydrogen) atoms. The van der Waals surface area contributed by atoms with Crippen LogP contribution < -0.4 is 5.73 Å². The van der Waals surface area contributed by atoms with Crippen molar-refractivity contribution in [3.63, 3.8) is 0 Å². The summed E-state index contributed by atoms with van der Waals surface area (Å²) in [6, 6.07) is -0.140. The highest BCUT2D eigenvalue weighted by atomic mass is 16.2. The Kier molecular flexibility index (Phi) is 3.90. The van der Waals surface area contributed by atoms with Crippen molar-refractivity contribution in [3.05, 3.63) is 0 Å². The van der Waals surface area contributed by atoms with Crippen molar-refractivity contribution in [1.82, 2.24) is 9.80 Å². The summed E-state index contributed by atoms with van der Waals surface area (Å²) in [4.78, 5) is 20.2. The lowest BCUT2D eigenvalue weighted by Crippen LogP contribution is -2.59. The van der Waals surface area contributed by atoms with Gasteiger partial charge in [0.05, 0.1) is 0 Å². The van der Waals surface area contributed by atoms with E-state index in [9.17, 15) is 4.79 Å². The summed E-state index contributed by atoms with van der Waals surface area (Å²) in [6.07, 6.45) is 3.98. The van der Waals surface area contributed by atoms with Crippen LogP contribution in [0, 0.1) is 0 Å². The van der Waals surface area contributed by atoms with Gasteiger partial charge in [0.25, 0.3) is 0 Å². The van der Waals surface area contributed by atoms with E-state index in [0.717, 1.165) is 45.4 Å². The number of amides is 2. The highest BCUT2D eigenvalue weighted by Gasteiger charge is 2.49. The molecular formula is C13H24N4O. The Labute approximate surface area is 109 Å². The molecule has 0 aromatic heterocycles. The Balaban J connectivity index is 2.10. The van der Waals surface area contributed by atoms with E-state index in [1.54, 1.807) is 0 Å². The van der Waals surface area contributed by atoms with Gasteiger partial charge >= 0.3 is 6.03 Å². The van der Waals surface area contributed by atoms with Crippen LogP contribution in [0.3, 0.4) is 0 Å². The van der Waals surface area contributed by atoms with Crippen LogP contribution in [-0.4, -0.2) is 53.4 Å². The molecule has 5 heteroatoms. The highest BCUT2D eigenvalue weighted by molar-refractivity contribution is 6.05. The molecule has 0 aromatic carbocycles. The Morgan fingerprint density at radius 2 is 1.83 bits per heavy atom. The molecule has 2 N–H and O–H groups in total. The molecule has 1 saturated heterocycles. The van der Waals surface area contributed by atoms with Gasteiger partial charge in [0, 0.05) is 19.6 Å². The number of amidine groups is 1. The fourth-order valence-corrected chi connectivity index (χ4v) is 3.11. The molecule has 0 radical (unpaired) electrons. The van der Waals surface area contributed by atoms with E-state index in [1.807, 2.05) is 4.90 Å². The van der Waals surface area contributed by atoms with Crippen LogP contribution in [0.2, 0.25) is 0 Å². The van der Waals surface area contributed by atoms with E-state index < -0.39 is 0 Å².